The lowest BCUT2D eigenvalue weighted by atomic mass is 9.85. The minimum absolute atomic E-state index is 0.236. The fourth-order valence-corrected chi connectivity index (χ4v) is 2.94. The summed E-state index contributed by atoms with van der Waals surface area (Å²) in [5.41, 5.74) is -0.224. The molecule has 0 aliphatic heterocycles. The van der Waals surface area contributed by atoms with Crippen molar-refractivity contribution in [3.05, 3.63) is 28.0 Å². The Bertz CT molecular complexity index is 410. The lowest BCUT2D eigenvalue weighted by Gasteiger charge is -2.32. The number of hydrogen-bond acceptors (Lipinski definition) is 2. The minimum Gasteiger partial charge on any atom is -0.388 e. The van der Waals surface area contributed by atoms with Gasteiger partial charge in [-0.05, 0) is 25.0 Å². The molecule has 18 heavy (non-hydrogen) atoms. The summed E-state index contributed by atoms with van der Waals surface area (Å²) in [6.07, 6.45) is 4.78. The smallest absolute Gasteiger partial charge is 0.126 e. The molecule has 0 bridgehead atoms. The predicted octanol–water partition coefficient (Wildman–Crippen LogP) is 4.24. The number of nitrogens with one attached hydrogen (secondary N) is 1. The SMILES string of the molecule is OC1(CNc2c(Cl)cc(F)cc2Cl)CCCCC1. The summed E-state index contributed by atoms with van der Waals surface area (Å²) in [4.78, 5) is 0. The van der Waals surface area contributed by atoms with Crippen molar-refractivity contribution in [2.45, 2.75) is 37.7 Å². The van der Waals surface area contributed by atoms with Gasteiger partial charge in [-0.15, -0.1) is 0 Å². The van der Waals surface area contributed by atoms with E-state index in [1.165, 1.54) is 18.6 Å². The molecule has 0 amide bonds. The molecule has 1 aliphatic carbocycles. The average Bonchev–Trinajstić information content (AvgIpc) is 2.28. The van der Waals surface area contributed by atoms with Gasteiger partial charge in [-0.3, -0.25) is 0 Å². The van der Waals surface area contributed by atoms with E-state index in [-0.39, 0.29) is 10.0 Å². The highest BCUT2D eigenvalue weighted by atomic mass is 35.5. The van der Waals surface area contributed by atoms with Crippen LogP contribution in [-0.4, -0.2) is 17.3 Å². The van der Waals surface area contributed by atoms with E-state index >= 15 is 0 Å². The summed E-state index contributed by atoms with van der Waals surface area (Å²) in [7, 11) is 0. The molecular weight excluding hydrogens is 276 g/mol. The van der Waals surface area contributed by atoms with Gasteiger partial charge in [0.2, 0.25) is 0 Å². The van der Waals surface area contributed by atoms with E-state index in [4.69, 9.17) is 23.2 Å². The van der Waals surface area contributed by atoms with E-state index in [0.29, 0.717) is 12.2 Å². The Labute approximate surface area is 116 Å². The molecule has 0 radical (unpaired) electrons. The molecule has 2 N–H and O–H groups in total. The summed E-state index contributed by atoms with van der Waals surface area (Å²) < 4.78 is 13.0. The Morgan fingerprint density at radius 2 is 1.72 bits per heavy atom. The van der Waals surface area contributed by atoms with Gasteiger partial charge in [0.25, 0.3) is 0 Å². The van der Waals surface area contributed by atoms with Gasteiger partial charge in [0.1, 0.15) is 5.82 Å². The molecule has 1 fully saturated rings. The standard InChI is InChI=1S/C13H16Cl2FNO/c14-10-6-9(16)7-11(15)12(10)17-8-13(18)4-2-1-3-5-13/h6-7,17-18H,1-5,8H2. The van der Waals surface area contributed by atoms with Crippen molar-refractivity contribution in [2.24, 2.45) is 0 Å². The van der Waals surface area contributed by atoms with Crippen LogP contribution < -0.4 is 5.32 Å². The second-order valence-electron chi connectivity index (χ2n) is 4.88. The molecule has 1 aromatic carbocycles. The Hall–Kier alpha value is -0.510. The topological polar surface area (TPSA) is 32.3 Å². The summed E-state index contributed by atoms with van der Waals surface area (Å²) in [6, 6.07) is 2.42. The molecule has 1 aliphatic rings. The summed E-state index contributed by atoms with van der Waals surface area (Å²) in [6.45, 7) is 0.387. The zero-order valence-electron chi connectivity index (χ0n) is 9.98. The van der Waals surface area contributed by atoms with E-state index in [2.05, 4.69) is 5.32 Å². The van der Waals surface area contributed by atoms with Crippen LogP contribution in [0.1, 0.15) is 32.1 Å². The van der Waals surface area contributed by atoms with E-state index in [1.807, 2.05) is 0 Å². The monoisotopic (exact) mass is 291 g/mol. The third kappa shape index (κ3) is 3.28. The molecule has 1 saturated carbocycles. The molecule has 0 saturated heterocycles. The number of aliphatic hydroxyl groups is 1. The number of halogens is 3. The van der Waals surface area contributed by atoms with Gasteiger partial charge in [-0.1, -0.05) is 42.5 Å². The number of rotatable bonds is 3. The third-order valence-electron chi connectivity index (χ3n) is 3.39. The molecule has 5 heteroatoms. The Kier molecular flexibility index (Phi) is 4.36. The first-order valence-electron chi connectivity index (χ1n) is 6.11. The van der Waals surface area contributed by atoms with E-state index < -0.39 is 11.4 Å². The van der Waals surface area contributed by atoms with Crippen molar-refractivity contribution in [3.8, 4) is 0 Å². The minimum atomic E-state index is -0.709. The van der Waals surface area contributed by atoms with E-state index in [9.17, 15) is 9.50 Å². The van der Waals surface area contributed by atoms with Crippen LogP contribution in [0.4, 0.5) is 10.1 Å². The van der Waals surface area contributed by atoms with Gasteiger partial charge >= 0.3 is 0 Å². The van der Waals surface area contributed by atoms with Gasteiger partial charge in [0, 0.05) is 6.54 Å². The zero-order valence-corrected chi connectivity index (χ0v) is 11.5. The van der Waals surface area contributed by atoms with Gasteiger partial charge in [0.05, 0.1) is 21.3 Å². The maximum absolute atomic E-state index is 13.0. The first-order valence-corrected chi connectivity index (χ1v) is 6.87. The second-order valence-corrected chi connectivity index (χ2v) is 5.70. The van der Waals surface area contributed by atoms with E-state index in [1.54, 1.807) is 0 Å². The number of anilines is 1. The van der Waals surface area contributed by atoms with E-state index in [0.717, 1.165) is 25.7 Å². The Morgan fingerprint density at radius 1 is 1.17 bits per heavy atom. The first-order chi connectivity index (χ1) is 8.50. The molecule has 0 spiro atoms. The molecule has 0 atom stereocenters. The van der Waals surface area contributed by atoms with Gasteiger partial charge in [-0.25, -0.2) is 4.39 Å². The van der Waals surface area contributed by atoms with Crippen LogP contribution >= 0.6 is 23.2 Å². The Morgan fingerprint density at radius 3 is 2.28 bits per heavy atom. The quantitative estimate of drug-likeness (QED) is 0.873. The van der Waals surface area contributed by atoms with Gasteiger partial charge in [0.15, 0.2) is 0 Å². The van der Waals surface area contributed by atoms with Crippen molar-refractivity contribution < 1.29 is 9.50 Å². The highest BCUT2D eigenvalue weighted by Crippen LogP contribution is 2.33. The zero-order chi connectivity index (χ0) is 13.2. The predicted molar refractivity (Wildman–Crippen MR) is 72.9 cm³/mol. The molecule has 2 nitrogen and oxygen atoms in total. The maximum Gasteiger partial charge on any atom is 0.126 e. The van der Waals surface area contributed by atoms with Crippen LogP contribution in [-0.2, 0) is 0 Å². The van der Waals surface area contributed by atoms with Crippen LogP contribution in [0.2, 0.25) is 10.0 Å². The van der Waals surface area contributed by atoms with Crippen molar-refractivity contribution in [3.63, 3.8) is 0 Å². The van der Waals surface area contributed by atoms with Crippen LogP contribution in [0.3, 0.4) is 0 Å². The lowest BCUT2D eigenvalue weighted by molar-refractivity contribution is 0.0167. The average molecular weight is 292 g/mol. The molecule has 2 rings (SSSR count). The van der Waals surface area contributed by atoms with Crippen LogP contribution in [0, 0.1) is 5.82 Å². The fourth-order valence-electron chi connectivity index (χ4n) is 2.35. The highest BCUT2D eigenvalue weighted by Gasteiger charge is 2.29. The third-order valence-corrected chi connectivity index (χ3v) is 3.98. The fraction of sp³-hybridized carbons (Fsp3) is 0.538. The summed E-state index contributed by atoms with van der Waals surface area (Å²) in [5, 5.41) is 13.9. The highest BCUT2D eigenvalue weighted by molar-refractivity contribution is 6.39. The van der Waals surface area contributed by atoms with Crippen LogP contribution in [0.25, 0.3) is 0 Å². The molecular formula is C13H16Cl2FNO. The molecule has 100 valence electrons. The van der Waals surface area contributed by atoms with Gasteiger partial charge < -0.3 is 10.4 Å². The van der Waals surface area contributed by atoms with Crippen molar-refractivity contribution in [1.82, 2.24) is 0 Å². The summed E-state index contributed by atoms with van der Waals surface area (Å²) in [5.74, 6) is -0.466. The number of hydrogen-bond donors (Lipinski definition) is 2. The van der Waals surface area contributed by atoms with Crippen molar-refractivity contribution in [1.29, 1.82) is 0 Å². The molecule has 1 aromatic rings. The lowest BCUT2D eigenvalue weighted by Crippen LogP contribution is -2.38. The van der Waals surface area contributed by atoms with Crippen LogP contribution in [0.15, 0.2) is 12.1 Å². The second kappa shape index (κ2) is 5.64. The van der Waals surface area contributed by atoms with Crippen molar-refractivity contribution in [2.75, 3.05) is 11.9 Å². The number of benzene rings is 1. The van der Waals surface area contributed by atoms with Gasteiger partial charge in [-0.2, -0.15) is 0 Å². The Balaban J connectivity index is 2.06. The summed E-state index contributed by atoms with van der Waals surface area (Å²) >= 11 is 11.9. The molecule has 0 unspecified atom stereocenters. The maximum atomic E-state index is 13.0. The first kappa shape index (κ1) is 13.9. The van der Waals surface area contributed by atoms with Crippen LogP contribution in [0.5, 0.6) is 0 Å². The molecule has 0 heterocycles. The molecule has 0 aromatic heterocycles. The normalized spacial score (nSPS) is 18.7. The van der Waals surface area contributed by atoms with Crippen molar-refractivity contribution >= 4 is 28.9 Å². The largest absolute Gasteiger partial charge is 0.388 e.